The van der Waals surface area contributed by atoms with Crippen molar-refractivity contribution in [3.05, 3.63) is 40.3 Å². The average molecular weight is 365 g/mol. The first-order valence-corrected chi connectivity index (χ1v) is 8.66. The molecule has 1 aliphatic heterocycles. The Kier molecular flexibility index (Phi) is 6.53. The third kappa shape index (κ3) is 4.43. The summed E-state index contributed by atoms with van der Waals surface area (Å²) in [7, 11) is 1.52. The number of amides is 1. The van der Waals surface area contributed by atoms with Gasteiger partial charge in [0.2, 0.25) is 0 Å². The third-order valence-electron chi connectivity index (χ3n) is 3.46. The van der Waals surface area contributed by atoms with Gasteiger partial charge in [-0.2, -0.15) is 0 Å². The fourth-order valence-electron chi connectivity index (χ4n) is 2.08. The minimum Gasteiger partial charge on any atom is -0.462 e. The maximum Gasteiger partial charge on any atom is 0.329 e. The second-order valence-electron chi connectivity index (χ2n) is 5.30. The normalized spacial score (nSPS) is 17.5. The van der Waals surface area contributed by atoms with E-state index in [0.29, 0.717) is 15.8 Å². The van der Waals surface area contributed by atoms with Crippen LogP contribution in [0.4, 0.5) is 0 Å². The number of thiocarbonyl (C=S) groups is 1. The molecule has 5 nitrogen and oxygen atoms in total. The molecule has 0 N–H and O–H groups in total. The van der Waals surface area contributed by atoms with E-state index in [4.69, 9.17) is 21.7 Å². The number of thioether (sulfide) groups is 1. The summed E-state index contributed by atoms with van der Waals surface area (Å²) in [5, 5.41) is 0. The van der Waals surface area contributed by atoms with Gasteiger partial charge in [-0.3, -0.25) is 9.69 Å². The second-order valence-corrected chi connectivity index (χ2v) is 6.97. The zero-order valence-electron chi connectivity index (χ0n) is 13.8. The lowest BCUT2D eigenvalue weighted by atomic mass is 10.1. The molecule has 0 radical (unpaired) electrons. The van der Waals surface area contributed by atoms with Gasteiger partial charge in [-0.25, -0.2) is 4.79 Å². The van der Waals surface area contributed by atoms with Crippen LogP contribution in [-0.2, 0) is 19.1 Å². The number of rotatable bonds is 6. The van der Waals surface area contributed by atoms with E-state index in [2.05, 4.69) is 0 Å². The Morgan fingerprint density at radius 2 is 2.00 bits per heavy atom. The van der Waals surface area contributed by atoms with Crippen molar-refractivity contribution in [2.24, 2.45) is 0 Å². The van der Waals surface area contributed by atoms with Crippen molar-refractivity contribution in [3.63, 3.8) is 0 Å². The molecule has 24 heavy (non-hydrogen) atoms. The lowest BCUT2D eigenvalue weighted by Gasteiger charge is -2.21. The predicted octanol–water partition coefficient (Wildman–Crippen LogP) is 2.77. The summed E-state index contributed by atoms with van der Waals surface area (Å²) in [5.41, 5.74) is 2.06. The molecular weight excluding hydrogens is 346 g/mol. The van der Waals surface area contributed by atoms with Gasteiger partial charge in [-0.1, -0.05) is 53.8 Å². The zero-order valence-corrected chi connectivity index (χ0v) is 15.4. The SMILES string of the molecule is COCCOC(=O)C(C)N1C(=O)C(=Cc2ccc(C)cc2)SC1=S. The molecule has 1 saturated heterocycles. The monoisotopic (exact) mass is 365 g/mol. The van der Waals surface area contributed by atoms with Crippen molar-refractivity contribution < 1.29 is 19.1 Å². The van der Waals surface area contributed by atoms with Crippen LogP contribution in [-0.4, -0.2) is 47.5 Å². The molecular formula is C17H19NO4S2. The molecule has 1 heterocycles. The van der Waals surface area contributed by atoms with Gasteiger partial charge in [0.15, 0.2) is 0 Å². The standard InChI is InChI=1S/C17H19NO4S2/c1-11-4-6-13(7-5-11)10-14-15(19)18(17(23)24-14)12(2)16(20)22-9-8-21-3/h4-7,10,12H,8-9H2,1-3H3. The smallest absolute Gasteiger partial charge is 0.329 e. The summed E-state index contributed by atoms with van der Waals surface area (Å²) in [6.07, 6.45) is 1.78. The minimum absolute atomic E-state index is 0.146. The van der Waals surface area contributed by atoms with E-state index >= 15 is 0 Å². The summed E-state index contributed by atoms with van der Waals surface area (Å²) in [4.78, 5) is 26.4. The van der Waals surface area contributed by atoms with Gasteiger partial charge in [-0.15, -0.1) is 0 Å². The molecule has 1 aromatic rings. The van der Waals surface area contributed by atoms with Crippen LogP contribution in [0.15, 0.2) is 29.2 Å². The molecule has 0 spiro atoms. The summed E-state index contributed by atoms with van der Waals surface area (Å²) in [6, 6.07) is 7.05. The van der Waals surface area contributed by atoms with Crippen molar-refractivity contribution in [3.8, 4) is 0 Å². The Balaban J connectivity index is 2.10. The van der Waals surface area contributed by atoms with Crippen molar-refractivity contribution in [2.45, 2.75) is 19.9 Å². The number of carbonyl (C=O) groups is 2. The van der Waals surface area contributed by atoms with Crippen LogP contribution in [0.25, 0.3) is 6.08 Å². The highest BCUT2D eigenvalue weighted by Gasteiger charge is 2.38. The number of carbonyl (C=O) groups excluding carboxylic acids is 2. The van der Waals surface area contributed by atoms with Crippen molar-refractivity contribution in [2.75, 3.05) is 20.3 Å². The number of ether oxygens (including phenoxy) is 2. The highest BCUT2D eigenvalue weighted by molar-refractivity contribution is 8.26. The molecule has 0 aliphatic carbocycles. The predicted molar refractivity (Wildman–Crippen MR) is 98.5 cm³/mol. The highest BCUT2D eigenvalue weighted by Crippen LogP contribution is 2.34. The van der Waals surface area contributed by atoms with Crippen LogP contribution in [0.1, 0.15) is 18.1 Å². The maximum atomic E-state index is 12.6. The van der Waals surface area contributed by atoms with Crippen molar-refractivity contribution in [1.29, 1.82) is 0 Å². The Morgan fingerprint density at radius 3 is 2.62 bits per heavy atom. The second kappa shape index (κ2) is 8.41. The molecule has 128 valence electrons. The number of hydrogen-bond acceptors (Lipinski definition) is 6. The van der Waals surface area contributed by atoms with Crippen LogP contribution in [0.5, 0.6) is 0 Å². The lowest BCUT2D eigenvalue weighted by molar-refractivity contribution is -0.151. The van der Waals surface area contributed by atoms with Crippen LogP contribution in [0, 0.1) is 6.92 Å². The van der Waals surface area contributed by atoms with E-state index in [1.807, 2.05) is 31.2 Å². The topological polar surface area (TPSA) is 55.8 Å². The van der Waals surface area contributed by atoms with Gasteiger partial charge < -0.3 is 9.47 Å². The van der Waals surface area contributed by atoms with E-state index in [9.17, 15) is 9.59 Å². The van der Waals surface area contributed by atoms with Crippen molar-refractivity contribution in [1.82, 2.24) is 4.90 Å². The minimum atomic E-state index is -0.765. The van der Waals surface area contributed by atoms with Gasteiger partial charge in [0.05, 0.1) is 11.5 Å². The molecule has 1 amide bonds. The molecule has 1 aromatic carbocycles. The summed E-state index contributed by atoms with van der Waals surface area (Å²) in [5.74, 6) is -0.776. The summed E-state index contributed by atoms with van der Waals surface area (Å²) < 4.78 is 10.3. The number of hydrogen-bond donors (Lipinski definition) is 0. The van der Waals surface area contributed by atoms with Crippen molar-refractivity contribution >= 4 is 46.3 Å². The van der Waals surface area contributed by atoms with E-state index in [1.54, 1.807) is 13.0 Å². The Labute approximate surface area is 151 Å². The Bertz CT molecular complexity index is 670. The van der Waals surface area contributed by atoms with Gasteiger partial charge in [0.25, 0.3) is 5.91 Å². The first kappa shape index (κ1) is 18.6. The number of aryl methyl sites for hydroxylation is 1. The van der Waals surface area contributed by atoms with Gasteiger partial charge in [-0.05, 0) is 25.5 Å². The van der Waals surface area contributed by atoms with E-state index in [1.165, 1.54) is 23.8 Å². The number of benzene rings is 1. The number of esters is 1. The molecule has 0 aromatic heterocycles. The fraction of sp³-hybridized carbons (Fsp3) is 0.353. The quantitative estimate of drug-likeness (QED) is 0.334. The van der Waals surface area contributed by atoms with Gasteiger partial charge in [0, 0.05) is 7.11 Å². The first-order chi connectivity index (χ1) is 11.4. The summed E-state index contributed by atoms with van der Waals surface area (Å²) >= 11 is 6.45. The number of nitrogens with zero attached hydrogens (tertiary/aromatic N) is 1. The molecule has 2 rings (SSSR count). The van der Waals surface area contributed by atoms with Gasteiger partial charge >= 0.3 is 5.97 Å². The van der Waals surface area contributed by atoms with Gasteiger partial charge in [0.1, 0.15) is 17.0 Å². The molecule has 0 bridgehead atoms. The highest BCUT2D eigenvalue weighted by atomic mass is 32.2. The van der Waals surface area contributed by atoms with E-state index in [-0.39, 0.29) is 12.5 Å². The number of methoxy groups -OCH3 is 1. The summed E-state index contributed by atoms with van der Waals surface area (Å²) in [6.45, 7) is 4.06. The lowest BCUT2D eigenvalue weighted by Crippen LogP contribution is -2.42. The molecule has 0 saturated carbocycles. The van der Waals surface area contributed by atoms with Crippen LogP contribution in [0.2, 0.25) is 0 Å². The Morgan fingerprint density at radius 1 is 1.33 bits per heavy atom. The molecule has 1 fully saturated rings. The van der Waals surface area contributed by atoms with E-state index < -0.39 is 12.0 Å². The van der Waals surface area contributed by atoms with Crippen LogP contribution in [0.3, 0.4) is 0 Å². The maximum absolute atomic E-state index is 12.6. The third-order valence-corrected chi connectivity index (χ3v) is 4.79. The molecule has 7 heteroatoms. The molecule has 1 aliphatic rings. The zero-order chi connectivity index (χ0) is 17.7. The van der Waals surface area contributed by atoms with Crippen LogP contribution < -0.4 is 0 Å². The Hall–Kier alpha value is -1.70. The van der Waals surface area contributed by atoms with Crippen LogP contribution >= 0.6 is 24.0 Å². The largest absolute Gasteiger partial charge is 0.462 e. The average Bonchev–Trinajstić information content (AvgIpc) is 2.83. The fourth-order valence-corrected chi connectivity index (χ4v) is 3.50. The van der Waals surface area contributed by atoms with E-state index in [0.717, 1.165) is 11.1 Å². The first-order valence-electron chi connectivity index (χ1n) is 7.43. The molecule has 1 atom stereocenters. The molecule has 1 unspecified atom stereocenters.